The van der Waals surface area contributed by atoms with E-state index in [-0.39, 0.29) is 11.3 Å². The van der Waals surface area contributed by atoms with Crippen LogP contribution in [-0.4, -0.2) is 53.5 Å². The predicted molar refractivity (Wildman–Crippen MR) is 88.2 cm³/mol. The maximum Gasteiger partial charge on any atom is 0.327 e. The fourth-order valence-electron chi connectivity index (χ4n) is 3.53. The molecule has 0 saturated carbocycles. The van der Waals surface area contributed by atoms with Gasteiger partial charge in [0.05, 0.1) is 22.2 Å². The van der Waals surface area contributed by atoms with Crippen molar-refractivity contribution in [2.45, 2.75) is 35.9 Å². The number of benzene rings is 1. The molecule has 3 heterocycles. The van der Waals surface area contributed by atoms with E-state index >= 15 is 0 Å². The van der Waals surface area contributed by atoms with Gasteiger partial charge in [0.2, 0.25) is 5.91 Å². The van der Waals surface area contributed by atoms with Crippen LogP contribution < -0.4 is 0 Å². The van der Waals surface area contributed by atoms with Crippen molar-refractivity contribution >= 4 is 23.6 Å². The van der Waals surface area contributed by atoms with Crippen LogP contribution in [0.2, 0.25) is 0 Å². The lowest BCUT2D eigenvalue weighted by Gasteiger charge is -2.36. The van der Waals surface area contributed by atoms with Crippen molar-refractivity contribution in [3.05, 3.63) is 36.0 Å². The van der Waals surface area contributed by atoms with Gasteiger partial charge in [-0.2, -0.15) is 15.4 Å². The van der Waals surface area contributed by atoms with Crippen molar-refractivity contribution < 1.29 is 14.7 Å². The monoisotopic (exact) mass is 344 g/mol. The Morgan fingerprint density at radius 1 is 1.42 bits per heavy atom. The van der Waals surface area contributed by atoms with E-state index in [0.29, 0.717) is 12.8 Å². The zero-order valence-corrected chi connectivity index (χ0v) is 13.8. The molecular weight excluding hydrogens is 328 g/mol. The van der Waals surface area contributed by atoms with Gasteiger partial charge in [0, 0.05) is 12.0 Å². The van der Waals surface area contributed by atoms with Crippen molar-refractivity contribution in [3.63, 3.8) is 0 Å². The van der Waals surface area contributed by atoms with Crippen molar-refractivity contribution in [2.75, 3.05) is 0 Å². The first kappa shape index (κ1) is 15.2. The number of thioether (sulfide) groups is 1. The second kappa shape index (κ2) is 5.34. The molecule has 0 aliphatic carbocycles. The lowest BCUT2D eigenvalue weighted by Crippen LogP contribution is -2.57. The van der Waals surface area contributed by atoms with Crippen molar-refractivity contribution in [2.24, 2.45) is 0 Å². The molecule has 0 radical (unpaired) electrons. The van der Waals surface area contributed by atoms with E-state index in [4.69, 9.17) is 0 Å². The minimum atomic E-state index is -0.967. The summed E-state index contributed by atoms with van der Waals surface area (Å²) in [5.74, 6) is -1.06. The average Bonchev–Trinajstić information content (AvgIpc) is 3.08. The predicted octanol–water partition coefficient (Wildman–Crippen LogP) is 1.53. The molecule has 2 aliphatic heterocycles. The molecule has 8 heteroatoms. The molecule has 2 N–H and O–H groups in total. The van der Waals surface area contributed by atoms with E-state index in [2.05, 4.69) is 15.4 Å². The van der Waals surface area contributed by atoms with Crippen LogP contribution in [0.5, 0.6) is 0 Å². The molecule has 124 valence electrons. The quantitative estimate of drug-likeness (QED) is 0.816. The van der Waals surface area contributed by atoms with Gasteiger partial charge in [0.15, 0.2) is 0 Å². The van der Waals surface area contributed by atoms with E-state index in [1.165, 1.54) is 4.90 Å². The molecule has 1 amide bonds. The topological polar surface area (TPSA) is 99.2 Å². The first-order valence-electron chi connectivity index (χ1n) is 7.66. The van der Waals surface area contributed by atoms with Gasteiger partial charge in [-0.05, 0) is 6.92 Å². The normalized spacial score (nSPS) is 28.5. The van der Waals surface area contributed by atoms with Crippen LogP contribution >= 0.6 is 11.8 Å². The van der Waals surface area contributed by atoms with Crippen molar-refractivity contribution in [1.29, 1.82) is 0 Å². The summed E-state index contributed by atoms with van der Waals surface area (Å²) >= 11 is 1.55. The van der Waals surface area contributed by atoms with Crippen LogP contribution in [0.4, 0.5) is 0 Å². The highest BCUT2D eigenvalue weighted by molar-refractivity contribution is 8.01. The Labute approximate surface area is 142 Å². The molecule has 3 atom stereocenters. The molecule has 2 saturated heterocycles. The molecule has 4 rings (SSSR count). The third kappa shape index (κ3) is 2.21. The highest BCUT2D eigenvalue weighted by Crippen LogP contribution is 2.52. The van der Waals surface area contributed by atoms with Crippen molar-refractivity contribution in [3.8, 4) is 11.3 Å². The summed E-state index contributed by atoms with van der Waals surface area (Å²) in [5, 5.41) is 20.7. The van der Waals surface area contributed by atoms with E-state index < -0.39 is 16.8 Å². The molecule has 3 unspecified atom stereocenters. The minimum Gasteiger partial charge on any atom is -0.480 e. The molecule has 24 heavy (non-hydrogen) atoms. The lowest BCUT2D eigenvalue weighted by atomic mass is 9.91. The van der Waals surface area contributed by atoms with Crippen LogP contribution in [0.25, 0.3) is 11.3 Å². The summed E-state index contributed by atoms with van der Waals surface area (Å²) in [7, 11) is 0. The molecule has 2 aromatic rings. The molecule has 1 aromatic heterocycles. The van der Waals surface area contributed by atoms with Gasteiger partial charge < -0.3 is 10.0 Å². The smallest absolute Gasteiger partial charge is 0.327 e. The Balaban J connectivity index is 1.67. The maximum atomic E-state index is 11.8. The van der Waals surface area contributed by atoms with E-state index in [9.17, 15) is 14.7 Å². The van der Waals surface area contributed by atoms with Crippen LogP contribution in [0, 0.1) is 0 Å². The number of aliphatic carboxylic acids is 1. The number of carbonyl (C=O) groups is 2. The molecule has 2 fully saturated rings. The second-order valence-corrected chi connectivity index (χ2v) is 8.01. The van der Waals surface area contributed by atoms with Crippen molar-refractivity contribution in [1.82, 2.24) is 20.3 Å². The SMILES string of the molecule is CC1(Cc2n[nH]nc2-c2ccccc2)SC2CC(=O)N2C1C(=O)O. The number of carbonyl (C=O) groups excluding carboxylic acids is 1. The van der Waals surface area contributed by atoms with E-state index in [0.717, 1.165) is 17.0 Å². The molecule has 0 spiro atoms. The number of amides is 1. The summed E-state index contributed by atoms with van der Waals surface area (Å²) in [5.41, 5.74) is 2.37. The maximum absolute atomic E-state index is 11.8. The van der Waals surface area contributed by atoms with Crippen LogP contribution in [-0.2, 0) is 16.0 Å². The number of carboxylic acids is 1. The first-order chi connectivity index (χ1) is 11.5. The van der Waals surface area contributed by atoms with Gasteiger partial charge in [-0.3, -0.25) is 4.79 Å². The largest absolute Gasteiger partial charge is 0.480 e. The Hall–Kier alpha value is -2.35. The number of β-lactam (4-membered cyclic amide) rings is 1. The summed E-state index contributed by atoms with van der Waals surface area (Å²) < 4.78 is -0.636. The Morgan fingerprint density at radius 3 is 2.83 bits per heavy atom. The van der Waals surface area contributed by atoms with Gasteiger partial charge in [-0.1, -0.05) is 30.3 Å². The summed E-state index contributed by atoms with van der Waals surface area (Å²) in [4.78, 5) is 25.1. The number of rotatable bonds is 4. The number of hydrogen-bond acceptors (Lipinski definition) is 5. The number of carboxylic acid groups (broad SMARTS) is 1. The standard InChI is InChI=1S/C16H16N4O3S/c1-16(14(15(22)23)20-11(21)7-12(20)24-16)8-10-13(18-19-17-10)9-5-3-2-4-6-9/h2-6,12,14H,7-8H2,1H3,(H,22,23)(H,17,18,19). The molecule has 2 aliphatic rings. The Kier molecular flexibility index (Phi) is 3.38. The van der Waals surface area contributed by atoms with E-state index in [1.54, 1.807) is 11.8 Å². The number of nitrogens with zero attached hydrogens (tertiary/aromatic N) is 3. The zero-order valence-electron chi connectivity index (χ0n) is 13.0. The highest BCUT2D eigenvalue weighted by atomic mass is 32.2. The molecule has 7 nitrogen and oxygen atoms in total. The summed E-state index contributed by atoms with van der Waals surface area (Å²) in [6.07, 6.45) is 0.837. The van der Waals surface area contributed by atoms with Crippen LogP contribution in [0.1, 0.15) is 19.0 Å². The third-order valence-electron chi connectivity index (χ3n) is 4.63. The molecular formula is C16H16N4O3S. The number of aromatic nitrogens is 3. The third-order valence-corrected chi connectivity index (χ3v) is 6.20. The van der Waals surface area contributed by atoms with Gasteiger partial charge in [0.25, 0.3) is 0 Å². The summed E-state index contributed by atoms with van der Waals surface area (Å²) in [6.45, 7) is 1.89. The van der Waals surface area contributed by atoms with E-state index in [1.807, 2.05) is 37.3 Å². The first-order valence-corrected chi connectivity index (χ1v) is 8.54. The van der Waals surface area contributed by atoms with Crippen LogP contribution in [0.3, 0.4) is 0 Å². The highest BCUT2D eigenvalue weighted by Gasteiger charge is 2.60. The second-order valence-electron chi connectivity index (χ2n) is 6.29. The fourth-order valence-corrected chi connectivity index (χ4v) is 5.30. The number of hydrogen-bond donors (Lipinski definition) is 2. The Bertz CT molecular complexity index is 809. The van der Waals surface area contributed by atoms with Crippen LogP contribution in [0.15, 0.2) is 30.3 Å². The van der Waals surface area contributed by atoms with Gasteiger partial charge in [0.1, 0.15) is 11.7 Å². The fraction of sp³-hybridized carbons (Fsp3) is 0.375. The van der Waals surface area contributed by atoms with Gasteiger partial charge >= 0.3 is 5.97 Å². The Morgan fingerprint density at radius 2 is 2.17 bits per heavy atom. The lowest BCUT2D eigenvalue weighted by molar-refractivity contribution is -0.157. The molecule has 1 aromatic carbocycles. The number of nitrogens with one attached hydrogen (secondary N) is 1. The summed E-state index contributed by atoms with van der Waals surface area (Å²) in [6, 6.07) is 8.81. The van der Waals surface area contributed by atoms with Gasteiger partial charge in [-0.25, -0.2) is 4.79 Å². The average molecular weight is 344 g/mol. The zero-order chi connectivity index (χ0) is 16.9. The molecule has 0 bridgehead atoms. The number of aromatic amines is 1. The number of H-pyrrole nitrogens is 1. The number of fused-ring (bicyclic) bond motifs is 1. The minimum absolute atomic E-state index is 0.0457. The van der Waals surface area contributed by atoms with Gasteiger partial charge in [-0.15, -0.1) is 11.8 Å².